The van der Waals surface area contributed by atoms with Crippen molar-refractivity contribution >= 4 is 11.9 Å². The molecule has 0 radical (unpaired) electrons. The van der Waals surface area contributed by atoms with E-state index in [9.17, 15) is 9.59 Å². The zero-order valence-electron chi connectivity index (χ0n) is 16.6. The summed E-state index contributed by atoms with van der Waals surface area (Å²) in [5, 5.41) is 2.95. The maximum Gasteiger partial charge on any atom is 0.338 e. The van der Waals surface area contributed by atoms with Gasteiger partial charge < -0.3 is 10.1 Å². The summed E-state index contributed by atoms with van der Waals surface area (Å²) >= 11 is 0. The third kappa shape index (κ3) is 6.24. The Kier molecular flexibility index (Phi) is 7.17. The molecule has 27 heavy (non-hydrogen) atoms. The van der Waals surface area contributed by atoms with Crippen molar-refractivity contribution in [3.05, 3.63) is 71.3 Å². The number of hydrogen-bond donors (Lipinski definition) is 1. The molecule has 0 saturated heterocycles. The Bertz CT molecular complexity index is 745. The molecule has 0 aliphatic rings. The van der Waals surface area contributed by atoms with Gasteiger partial charge in [0.15, 0.2) is 6.61 Å². The minimum atomic E-state index is -0.489. The molecule has 0 bridgehead atoms. The van der Waals surface area contributed by atoms with Crippen molar-refractivity contribution in [2.45, 2.75) is 52.0 Å². The summed E-state index contributed by atoms with van der Waals surface area (Å²) in [6.07, 6.45) is 1.78. The molecule has 0 aliphatic heterocycles. The van der Waals surface area contributed by atoms with Crippen LogP contribution in [0.3, 0.4) is 0 Å². The minimum absolute atomic E-state index is 0.0219. The molecule has 0 unspecified atom stereocenters. The Balaban J connectivity index is 1.91. The third-order valence-electron chi connectivity index (χ3n) is 4.44. The molecule has 0 aliphatic carbocycles. The van der Waals surface area contributed by atoms with Gasteiger partial charge in [0.2, 0.25) is 0 Å². The van der Waals surface area contributed by atoms with Crippen LogP contribution in [0.15, 0.2) is 54.6 Å². The number of carbonyl (C=O) groups is 2. The maximum atomic E-state index is 12.2. The SMILES string of the molecule is CCC[C@@H](NC(=O)COC(=O)c1ccc(C(C)(C)C)cc1)c1ccccc1. The van der Waals surface area contributed by atoms with Crippen molar-refractivity contribution in [1.29, 1.82) is 0 Å². The Hall–Kier alpha value is -2.62. The highest BCUT2D eigenvalue weighted by molar-refractivity contribution is 5.91. The smallest absolute Gasteiger partial charge is 0.338 e. The first-order valence-electron chi connectivity index (χ1n) is 9.43. The summed E-state index contributed by atoms with van der Waals surface area (Å²) in [6, 6.07) is 17.1. The fourth-order valence-corrected chi connectivity index (χ4v) is 2.85. The summed E-state index contributed by atoms with van der Waals surface area (Å²) in [5.74, 6) is -0.783. The highest BCUT2D eigenvalue weighted by Crippen LogP contribution is 2.22. The minimum Gasteiger partial charge on any atom is -0.452 e. The molecule has 1 atom stereocenters. The number of benzene rings is 2. The normalized spacial score (nSPS) is 12.3. The van der Waals surface area contributed by atoms with E-state index in [4.69, 9.17) is 4.74 Å². The van der Waals surface area contributed by atoms with Crippen LogP contribution in [-0.2, 0) is 14.9 Å². The lowest BCUT2D eigenvalue weighted by Crippen LogP contribution is -2.32. The van der Waals surface area contributed by atoms with Gasteiger partial charge in [0, 0.05) is 0 Å². The van der Waals surface area contributed by atoms with Crippen LogP contribution in [0.5, 0.6) is 0 Å². The van der Waals surface area contributed by atoms with Gasteiger partial charge in [-0.25, -0.2) is 4.79 Å². The van der Waals surface area contributed by atoms with Crippen LogP contribution in [-0.4, -0.2) is 18.5 Å². The van der Waals surface area contributed by atoms with Gasteiger partial charge in [0.05, 0.1) is 11.6 Å². The second-order valence-corrected chi connectivity index (χ2v) is 7.72. The monoisotopic (exact) mass is 367 g/mol. The van der Waals surface area contributed by atoms with Gasteiger partial charge in [0.1, 0.15) is 0 Å². The Morgan fingerprint density at radius 2 is 1.63 bits per heavy atom. The first-order valence-corrected chi connectivity index (χ1v) is 9.43. The first kappa shape index (κ1) is 20.7. The van der Waals surface area contributed by atoms with E-state index in [1.54, 1.807) is 12.1 Å². The zero-order valence-corrected chi connectivity index (χ0v) is 16.6. The van der Waals surface area contributed by atoms with E-state index < -0.39 is 5.97 Å². The quantitative estimate of drug-likeness (QED) is 0.715. The van der Waals surface area contributed by atoms with Crippen LogP contribution in [0.2, 0.25) is 0 Å². The molecule has 0 aromatic heterocycles. The van der Waals surface area contributed by atoms with E-state index in [2.05, 4.69) is 33.0 Å². The number of nitrogens with one attached hydrogen (secondary N) is 1. The second-order valence-electron chi connectivity index (χ2n) is 7.72. The molecule has 2 aromatic carbocycles. The number of hydrogen-bond acceptors (Lipinski definition) is 3. The van der Waals surface area contributed by atoms with E-state index in [1.807, 2.05) is 42.5 Å². The van der Waals surface area contributed by atoms with E-state index in [0.717, 1.165) is 24.0 Å². The van der Waals surface area contributed by atoms with Gasteiger partial charge in [-0.05, 0) is 35.1 Å². The Morgan fingerprint density at radius 3 is 2.19 bits per heavy atom. The number of ether oxygens (including phenoxy) is 1. The van der Waals surface area contributed by atoms with Crippen molar-refractivity contribution in [2.24, 2.45) is 0 Å². The van der Waals surface area contributed by atoms with Crippen molar-refractivity contribution < 1.29 is 14.3 Å². The second kappa shape index (κ2) is 9.36. The maximum absolute atomic E-state index is 12.2. The van der Waals surface area contributed by atoms with Gasteiger partial charge in [-0.3, -0.25) is 4.79 Å². The molecular weight excluding hydrogens is 338 g/mol. The fourth-order valence-electron chi connectivity index (χ4n) is 2.85. The summed E-state index contributed by atoms with van der Waals surface area (Å²) in [6.45, 7) is 8.13. The molecule has 144 valence electrons. The highest BCUT2D eigenvalue weighted by Gasteiger charge is 2.17. The van der Waals surface area contributed by atoms with E-state index in [0.29, 0.717) is 5.56 Å². The number of esters is 1. The average molecular weight is 367 g/mol. The van der Waals surface area contributed by atoms with Gasteiger partial charge in [-0.2, -0.15) is 0 Å². The van der Waals surface area contributed by atoms with Crippen molar-refractivity contribution in [2.75, 3.05) is 6.61 Å². The number of amides is 1. The molecule has 1 amide bonds. The molecule has 2 rings (SSSR count). The molecule has 0 spiro atoms. The summed E-state index contributed by atoms with van der Waals surface area (Å²) in [5.41, 5.74) is 2.66. The molecule has 0 fully saturated rings. The lowest BCUT2D eigenvalue weighted by Gasteiger charge is -2.19. The highest BCUT2D eigenvalue weighted by atomic mass is 16.5. The Morgan fingerprint density at radius 1 is 1.00 bits per heavy atom. The van der Waals surface area contributed by atoms with Crippen LogP contribution < -0.4 is 5.32 Å². The number of carbonyl (C=O) groups excluding carboxylic acids is 2. The largest absolute Gasteiger partial charge is 0.452 e. The van der Waals surface area contributed by atoms with Gasteiger partial charge in [-0.1, -0.05) is 76.6 Å². The van der Waals surface area contributed by atoms with Crippen LogP contribution >= 0.6 is 0 Å². The van der Waals surface area contributed by atoms with Crippen LogP contribution in [0, 0.1) is 0 Å². The van der Waals surface area contributed by atoms with Gasteiger partial charge in [-0.15, -0.1) is 0 Å². The van der Waals surface area contributed by atoms with Crippen LogP contribution in [0.4, 0.5) is 0 Å². The molecule has 2 aromatic rings. The fraction of sp³-hybridized carbons (Fsp3) is 0.391. The standard InChI is InChI=1S/C23H29NO3/c1-5-9-20(17-10-7-6-8-11-17)24-21(25)16-27-22(26)18-12-14-19(15-13-18)23(2,3)4/h6-8,10-15,20H,5,9,16H2,1-4H3,(H,24,25)/t20-/m1/s1. The van der Waals surface area contributed by atoms with E-state index >= 15 is 0 Å². The molecule has 4 nitrogen and oxygen atoms in total. The summed E-state index contributed by atoms with van der Waals surface area (Å²) < 4.78 is 5.18. The predicted molar refractivity (Wildman–Crippen MR) is 108 cm³/mol. The molecule has 0 heterocycles. The predicted octanol–water partition coefficient (Wildman–Crippen LogP) is 4.80. The molecule has 0 saturated carbocycles. The van der Waals surface area contributed by atoms with Gasteiger partial charge >= 0.3 is 5.97 Å². The molecular formula is C23H29NO3. The average Bonchev–Trinajstić information content (AvgIpc) is 2.66. The van der Waals surface area contributed by atoms with Crippen LogP contribution in [0.25, 0.3) is 0 Å². The van der Waals surface area contributed by atoms with Crippen molar-refractivity contribution in [1.82, 2.24) is 5.32 Å². The topological polar surface area (TPSA) is 55.4 Å². The summed E-state index contributed by atoms with van der Waals surface area (Å²) in [4.78, 5) is 24.4. The molecule has 4 heteroatoms. The van der Waals surface area contributed by atoms with Gasteiger partial charge in [0.25, 0.3) is 5.91 Å². The lowest BCUT2D eigenvalue weighted by molar-refractivity contribution is -0.125. The lowest BCUT2D eigenvalue weighted by atomic mass is 9.87. The van der Waals surface area contributed by atoms with E-state index in [-0.39, 0.29) is 24.0 Å². The summed E-state index contributed by atoms with van der Waals surface area (Å²) in [7, 11) is 0. The number of rotatable bonds is 7. The van der Waals surface area contributed by atoms with E-state index in [1.165, 1.54) is 0 Å². The third-order valence-corrected chi connectivity index (χ3v) is 4.44. The Labute approximate surface area is 161 Å². The molecule has 1 N–H and O–H groups in total. The van der Waals surface area contributed by atoms with Crippen molar-refractivity contribution in [3.8, 4) is 0 Å². The van der Waals surface area contributed by atoms with Crippen LogP contribution in [0.1, 0.15) is 68.1 Å². The zero-order chi connectivity index (χ0) is 19.9. The van der Waals surface area contributed by atoms with Crippen molar-refractivity contribution in [3.63, 3.8) is 0 Å². The first-order chi connectivity index (χ1) is 12.8.